The van der Waals surface area contributed by atoms with Gasteiger partial charge in [0.15, 0.2) is 6.10 Å². The predicted molar refractivity (Wildman–Crippen MR) is 81.0 cm³/mol. The van der Waals surface area contributed by atoms with Gasteiger partial charge in [0.25, 0.3) is 0 Å². The van der Waals surface area contributed by atoms with Crippen LogP contribution in [0.4, 0.5) is 0 Å². The van der Waals surface area contributed by atoms with E-state index in [0.717, 1.165) is 34.8 Å². The minimum atomic E-state index is -0.0343. The predicted octanol–water partition coefficient (Wildman–Crippen LogP) is 3.57. The maximum atomic E-state index is 5.55. The van der Waals surface area contributed by atoms with Crippen LogP contribution in [0, 0.1) is 0 Å². The monoisotopic (exact) mass is 283 g/mol. The summed E-state index contributed by atoms with van der Waals surface area (Å²) in [6, 6.07) is 15.7. The molecule has 0 fully saturated rings. The van der Waals surface area contributed by atoms with E-state index in [-0.39, 0.29) is 6.10 Å². The molecule has 4 nitrogen and oxygen atoms in total. The quantitative estimate of drug-likeness (QED) is 0.861. The molecular weight excluding hydrogens is 266 g/mol. The number of hydrogen-bond acceptors (Lipinski definition) is 4. The van der Waals surface area contributed by atoms with Crippen molar-refractivity contribution in [2.45, 2.75) is 12.5 Å². The van der Waals surface area contributed by atoms with Gasteiger partial charge >= 0.3 is 0 Å². The van der Waals surface area contributed by atoms with Crippen LogP contribution in [0.3, 0.4) is 0 Å². The van der Waals surface area contributed by atoms with Crippen LogP contribution in [0.25, 0.3) is 0 Å². The molecule has 0 saturated carbocycles. The zero-order valence-corrected chi connectivity index (χ0v) is 12.1. The van der Waals surface area contributed by atoms with Crippen LogP contribution < -0.4 is 9.47 Å². The molecule has 2 aromatic carbocycles. The zero-order chi connectivity index (χ0) is 14.7. The van der Waals surface area contributed by atoms with E-state index in [1.807, 2.05) is 48.5 Å². The maximum Gasteiger partial charge on any atom is 0.158 e. The fourth-order valence-corrected chi connectivity index (χ4v) is 2.33. The Morgan fingerprint density at radius 2 is 1.48 bits per heavy atom. The Morgan fingerprint density at radius 1 is 0.905 bits per heavy atom. The molecule has 0 amide bonds. The molecule has 0 saturated heterocycles. The standard InChI is InChI=1S/C17H17NO3/c1-19-14-7-3-12(4-8-14)16-11-17(21-18-16)13-5-9-15(20-2)10-6-13/h3-10,17H,11H2,1-2H3/t17-/m0/s1. The summed E-state index contributed by atoms with van der Waals surface area (Å²) in [6.45, 7) is 0. The van der Waals surface area contributed by atoms with Gasteiger partial charge in [0.2, 0.25) is 0 Å². The summed E-state index contributed by atoms with van der Waals surface area (Å²) in [5.74, 6) is 1.68. The SMILES string of the molecule is COc1ccc(C2=NO[C@H](c3ccc(OC)cc3)C2)cc1. The minimum Gasteiger partial charge on any atom is -0.497 e. The molecule has 2 aromatic rings. The summed E-state index contributed by atoms with van der Waals surface area (Å²) < 4.78 is 10.3. The van der Waals surface area contributed by atoms with Crippen molar-refractivity contribution >= 4 is 5.71 Å². The molecule has 4 heteroatoms. The molecule has 1 aliphatic rings. The van der Waals surface area contributed by atoms with Gasteiger partial charge in [-0.3, -0.25) is 0 Å². The van der Waals surface area contributed by atoms with E-state index in [0.29, 0.717) is 0 Å². The van der Waals surface area contributed by atoms with Gasteiger partial charge in [0.05, 0.1) is 19.9 Å². The van der Waals surface area contributed by atoms with Crippen LogP contribution in [-0.4, -0.2) is 19.9 Å². The number of oxime groups is 1. The zero-order valence-electron chi connectivity index (χ0n) is 12.1. The third-order valence-corrected chi connectivity index (χ3v) is 3.58. The van der Waals surface area contributed by atoms with Crippen molar-refractivity contribution in [2.75, 3.05) is 14.2 Å². The summed E-state index contributed by atoms with van der Waals surface area (Å²) in [6.07, 6.45) is 0.728. The van der Waals surface area contributed by atoms with E-state index in [9.17, 15) is 0 Å². The highest BCUT2D eigenvalue weighted by molar-refractivity contribution is 6.01. The average molecular weight is 283 g/mol. The fourth-order valence-electron chi connectivity index (χ4n) is 2.33. The number of rotatable bonds is 4. The first kappa shape index (κ1) is 13.5. The van der Waals surface area contributed by atoms with Crippen LogP contribution in [0.2, 0.25) is 0 Å². The topological polar surface area (TPSA) is 40.0 Å². The van der Waals surface area contributed by atoms with Gasteiger partial charge in [-0.25, -0.2) is 0 Å². The smallest absolute Gasteiger partial charge is 0.158 e. The molecule has 0 aliphatic carbocycles. The molecule has 108 valence electrons. The highest BCUT2D eigenvalue weighted by atomic mass is 16.6. The van der Waals surface area contributed by atoms with Crippen molar-refractivity contribution in [1.29, 1.82) is 0 Å². The van der Waals surface area contributed by atoms with Crippen LogP contribution in [-0.2, 0) is 4.84 Å². The Bertz CT molecular complexity index is 632. The van der Waals surface area contributed by atoms with Crippen LogP contribution >= 0.6 is 0 Å². The molecule has 0 unspecified atom stereocenters. The molecule has 0 bridgehead atoms. The molecule has 21 heavy (non-hydrogen) atoms. The van der Waals surface area contributed by atoms with E-state index in [1.165, 1.54) is 0 Å². The first-order chi connectivity index (χ1) is 10.3. The summed E-state index contributed by atoms with van der Waals surface area (Å²) in [5.41, 5.74) is 3.12. The molecule has 0 N–H and O–H groups in total. The number of methoxy groups -OCH3 is 2. The summed E-state index contributed by atoms with van der Waals surface area (Å²) >= 11 is 0. The number of benzene rings is 2. The van der Waals surface area contributed by atoms with Crippen LogP contribution in [0.5, 0.6) is 11.5 Å². The summed E-state index contributed by atoms with van der Waals surface area (Å²) in [5, 5.41) is 4.21. The molecule has 0 aromatic heterocycles. The van der Waals surface area contributed by atoms with Crippen molar-refractivity contribution in [3.05, 3.63) is 59.7 Å². The van der Waals surface area contributed by atoms with E-state index in [1.54, 1.807) is 14.2 Å². The average Bonchev–Trinajstić information content (AvgIpc) is 3.05. The second-order valence-electron chi connectivity index (χ2n) is 4.84. The van der Waals surface area contributed by atoms with E-state index < -0.39 is 0 Å². The summed E-state index contributed by atoms with van der Waals surface area (Å²) in [4.78, 5) is 5.55. The van der Waals surface area contributed by atoms with E-state index >= 15 is 0 Å². The Kier molecular flexibility index (Phi) is 3.77. The van der Waals surface area contributed by atoms with Gasteiger partial charge in [-0.1, -0.05) is 17.3 Å². The highest BCUT2D eigenvalue weighted by Crippen LogP contribution is 2.30. The lowest BCUT2D eigenvalue weighted by atomic mass is 10.0. The van der Waals surface area contributed by atoms with E-state index in [2.05, 4.69) is 5.16 Å². The third kappa shape index (κ3) is 2.84. The Balaban J connectivity index is 1.71. The molecule has 1 aliphatic heterocycles. The molecular formula is C17H17NO3. The van der Waals surface area contributed by atoms with Crippen molar-refractivity contribution in [3.63, 3.8) is 0 Å². The van der Waals surface area contributed by atoms with Crippen molar-refractivity contribution in [3.8, 4) is 11.5 Å². The molecule has 3 rings (SSSR count). The van der Waals surface area contributed by atoms with Gasteiger partial charge in [0.1, 0.15) is 11.5 Å². The highest BCUT2D eigenvalue weighted by Gasteiger charge is 2.23. The normalized spacial score (nSPS) is 17.0. The maximum absolute atomic E-state index is 5.55. The third-order valence-electron chi connectivity index (χ3n) is 3.58. The second-order valence-corrected chi connectivity index (χ2v) is 4.84. The van der Waals surface area contributed by atoms with Crippen molar-refractivity contribution in [1.82, 2.24) is 0 Å². The van der Waals surface area contributed by atoms with Gasteiger partial charge in [-0.05, 0) is 47.5 Å². The van der Waals surface area contributed by atoms with Crippen LogP contribution in [0.1, 0.15) is 23.7 Å². The second kappa shape index (κ2) is 5.87. The van der Waals surface area contributed by atoms with Gasteiger partial charge in [-0.2, -0.15) is 0 Å². The lowest BCUT2D eigenvalue weighted by Gasteiger charge is -2.09. The van der Waals surface area contributed by atoms with E-state index in [4.69, 9.17) is 14.3 Å². The Hall–Kier alpha value is -2.49. The number of hydrogen-bond donors (Lipinski definition) is 0. The molecule has 0 spiro atoms. The minimum absolute atomic E-state index is 0.0343. The largest absolute Gasteiger partial charge is 0.497 e. The lowest BCUT2D eigenvalue weighted by Crippen LogP contribution is -2.01. The van der Waals surface area contributed by atoms with Crippen molar-refractivity contribution in [2.24, 2.45) is 5.16 Å². The van der Waals surface area contributed by atoms with Crippen LogP contribution in [0.15, 0.2) is 53.7 Å². The molecule has 0 radical (unpaired) electrons. The Labute approximate surface area is 123 Å². The Morgan fingerprint density at radius 3 is 2.05 bits per heavy atom. The number of nitrogens with zero attached hydrogens (tertiary/aromatic N) is 1. The van der Waals surface area contributed by atoms with Gasteiger partial charge in [-0.15, -0.1) is 0 Å². The number of ether oxygens (including phenoxy) is 2. The van der Waals surface area contributed by atoms with Gasteiger partial charge < -0.3 is 14.3 Å². The van der Waals surface area contributed by atoms with Crippen molar-refractivity contribution < 1.29 is 14.3 Å². The molecule has 1 atom stereocenters. The first-order valence-corrected chi connectivity index (χ1v) is 6.81. The first-order valence-electron chi connectivity index (χ1n) is 6.81. The fraction of sp³-hybridized carbons (Fsp3) is 0.235. The summed E-state index contributed by atoms with van der Waals surface area (Å²) in [7, 11) is 3.32. The lowest BCUT2D eigenvalue weighted by molar-refractivity contribution is 0.0857. The van der Waals surface area contributed by atoms with Gasteiger partial charge in [0, 0.05) is 6.42 Å². The molecule has 1 heterocycles.